The van der Waals surface area contributed by atoms with E-state index in [4.69, 9.17) is 11.6 Å². The van der Waals surface area contributed by atoms with Crippen LogP contribution >= 0.6 is 11.6 Å². The number of benzene rings is 3. The molecule has 0 bridgehead atoms. The molecular formula is C24H17ClN2O4. The Labute approximate surface area is 183 Å². The van der Waals surface area contributed by atoms with Gasteiger partial charge in [0.1, 0.15) is 6.54 Å². The van der Waals surface area contributed by atoms with Gasteiger partial charge < -0.3 is 0 Å². The zero-order valence-corrected chi connectivity index (χ0v) is 17.3. The third-order valence-electron chi connectivity index (χ3n) is 5.02. The second kappa shape index (κ2) is 8.16. The normalized spacial score (nSPS) is 12.6. The minimum Gasteiger partial charge on any atom is -0.292 e. The summed E-state index contributed by atoms with van der Waals surface area (Å²) in [5.74, 6) is -2.48. The summed E-state index contributed by atoms with van der Waals surface area (Å²) >= 11 is 6.18. The van der Waals surface area contributed by atoms with Crippen molar-refractivity contribution in [2.45, 2.75) is 6.92 Å². The third kappa shape index (κ3) is 3.73. The van der Waals surface area contributed by atoms with E-state index in [1.807, 2.05) is 6.92 Å². The lowest BCUT2D eigenvalue weighted by Gasteiger charge is -2.29. The molecule has 3 amide bonds. The Morgan fingerprint density at radius 1 is 0.839 bits per heavy atom. The van der Waals surface area contributed by atoms with Crippen molar-refractivity contribution in [3.05, 3.63) is 106 Å². The summed E-state index contributed by atoms with van der Waals surface area (Å²) in [5, 5.41) is 1.74. The monoisotopic (exact) mass is 432 g/mol. The molecule has 7 heteroatoms. The van der Waals surface area contributed by atoms with Gasteiger partial charge >= 0.3 is 0 Å². The zero-order chi connectivity index (χ0) is 22.1. The number of aryl methyl sites for hydroxylation is 1. The lowest BCUT2D eigenvalue weighted by atomic mass is 10.1. The second-order valence-corrected chi connectivity index (χ2v) is 7.51. The Morgan fingerprint density at radius 2 is 1.39 bits per heavy atom. The van der Waals surface area contributed by atoms with Crippen LogP contribution in [-0.4, -0.2) is 40.1 Å². The number of hydrogen-bond donors (Lipinski definition) is 0. The summed E-state index contributed by atoms with van der Waals surface area (Å²) in [5.41, 5.74) is 1.76. The zero-order valence-electron chi connectivity index (χ0n) is 16.5. The molecule has 0 atom stereocenters. The minimum absolute atomic E-state index is 0.0810. The van der Waals surface area contributed by atoms with Crippen LogP contribution in [0.25, 0.3) is 0 Å². The molecule has 0 aliphatic carbocycles. The van der Waals surface area contributed by atoms with E-state index in [1.165, 1.54) is 24.3 Å². The van der Waals surface area contributed by atoms with Crippen molar-refractivity contribution in [3.8, 4) is 0 Å². The van der Waals surface area contributed by atoms with E-state index in [2.05, 4.69) is 0 Å². The summed E-state index contributed by atoms with van der Waals surface area (Å²) in [4.78, 5) is 52.3. The molecule has 31 heavy (non-hydrogen) atoms. The van der Waals surface area contributed by atoms with Gasteiger partial charge in [-0.15, -0.1) is 0 Å². The Kier molecular flexibility index (Phi) is 5.40. The molecule has 3 aromatic carbocycles. The molecule has 0 spiro atoms. The lowest BCUT2D eigenvalue weighted by Crippen LogP contribution is -2.51. The topological polar surface area (TPSA) is 74.8 Å². The number of carbonyl (C=O) groups excluding carboxylic acids is 4. The van der Waals surface area contributed by atoms with E-state index in [1.54, 1.807) is 48.5 Å². The van der Waals surface area contributed by atoms with Crippen LogP contribution in [0.1, 0.15) is 47.0 Å². The first-order chi connectivity index (χ1) is 14.9. The lowest BCUT2D eigenvalue weighted by molar-refractivity contribution is 0.00532. The molecule has 0 unspecified atom stereocenters. The molecule has 0 fully saturated rings. The first kappa shape index (κ1) is 20.5. The summed E-state index contributed by atoms with van der Waals surface area (Å²) in [6, 6.07) is 19.4. The van der Waals surface area contributed by atoms with Gasteiger partial charge in [-0.1, -0.05) is 65.7 Å². The van der Waals surface area contributed by atoms with Crippen molar-refractivity contribution in [2.75, 3.05) is 6.54 Å². The Bertz CT molecular complexity index is 1190. The second-order valence-electron chi connectivity index (χ2n) is 7.10. The van der Waals surface area contributed by atoms with Gasteiger partial charge in [0.05, 0.1) is 21.7 Å². The number of rotatable bonds is 5. The van der Waals surface area contributed by atoms with E-state index < -0.39 is 30.0 Å². The van der Waals surface area contributed by atoms with Crippen LogP contribution in [0.2, 0.25) is 5.02 Å². The van der Waals surface area contributed by atoms with Crippen LogP contribution in [0.3, 0.4) is 0 Å². The van der Waals surface area contributed by atoms with Gasteiger partial charge in [-0.3, -0.25) is 19.2 Å². The van der Waals surface area contributed by atoms with Crippen molar-refractivity contribution in [3.63, 3.8) is 0 Å². The van der Waals surface area contributed by atoms with Gasteiger partial charge in [0, 0.05) is 5.56 Å². The van der Waals surface area contributed by atoms with Gasteiger partial charge in [0.2, 0.25) is 0 Å². The van der Waals surface area contributed by atoms with Crippen LogP contribution < -0.4 is 0 Å². The first-order valence-electron chi connectivity index (χ1n) is 9.52. The smallest absolute Gasteiger partial charge is 0.280 e. The number of halogens is 1. The van der Waals surface area contributed by atoms with Gasteiger partial charge in [-0.05, 0) is 31.2 Å². The van der Waals surface area contributed by atoms with Crippen LogP contribution in [0.4, 0.5) is 0 Å². The third-order valence-corrected chi connectivity index (χ3v) is 5.35. The molecule has 0 radical (unpaired) electrons. The molecule has 3 aromatic rings. The summed E-state index contributed by atoms with van der Waals surface area (Å²) < 4.78 is 0. The summed E-state index contributed by atoms with van der Waals surface area (Å²) in [6.07, 6.45) is 0. The molecule has 6 nitrogen and oxygen atoms in total. The molecule has 1 heterocycles. The fourth-order valence-corrected chi connectivity index (χ4v) is 3.59. The van der Waals surface area contributed by atoms with E-state index in [0.717, 1.165) is 15.6 Å². The highest BCUT2D eigenvalue weighted by atomic mass is 35.5. The van der Waals surface area contributed by atoms with E-state index in [0.29, 0.717) is 5.56 Å². The van der Waals surface area contributed by atoms with Gasteiger partial charge in [0.15, 0.2) is 5.78 Å². The number of fused-ring (bicyclic) bond motifs is 1. The maximum atomic E-state index is 13.4. The average Bonchev–Trinajstić information content (AvgIpc) is 3.03. The Balaban J connectivity index is 1.75. The van der Waals surface area contributed by atoms with Crippen molar-refractivity contribution in [2.24, 2.45) is 0 Å². The molecule has 0 N–H and O–H groups in total. The van der Waals surface area contributed by atoms with Crippen LogP contribution in [0, 0.1) is 6.92 Å². The number of ketones is 1. The number of nitrogens with zero attached hydrogens (tertiary/aromatic N) is 2. The molecule has 154 valence electrons. The highest BCUT2D eigenvalue weighted by Crippen LogP contribution is 2.27. The quantitative estimate of drug-likeness (QED) is 0.447. The first-order valence-corrected chi connectivity index (χ1v) is 9.90. The van der Waals surface area contributed by atoms with Crippen molar-refractivity contribution in [1.82, 2.24) is 10.0 Å². The predicted octanol–water partition coefficient (Wildman–Crippen LogP) is 4.18. The van der Waals surface area contributed by atoms with Crippen LogP contribution in [0.5, 0.6) is 0 Å². The molecule has 0 saturated carbocycles. The number of Topliss-reactive ketones (excluding diaryl/α,β-unsaturated/α-hetero) is 1. The van der Waals surface area contributed by atoms with Crippen LogP contribution in [-0.2, 0) is 0 Å². The van der Waals surface area contributed by atoms with E-state index >= 15 is 0 Å². The molecular weight excluding hydrogens is 416 g/mol. The standard InChI is InChI=1S/C24H17ClN2O4/c1-15-10-12-16(13-11-15)21(28)14-26(22(29)19-8-4-5-9-20(19)25)27-23(30)17-6-2-3-7-18(17)24(27)31/h2-13H,14H2,1H3. The fourth-order valence-electron chi connectivity index (χ4n) is 3.37. The largest absolute Gasteiger partial charge is 0.292 e. The minimum atomic E-state index is -0.722. The van der Waals surface area contributed by atoms with Crippen molar-refractivity contribution < 1.29 is 19.2 Å². The molecule has 1 aliphatic rings. The Hall–Kier alpha value is -3.77. The summed E-state index contributed by atoms with van der Waals surface area (Å²) in [6.45, 7) is 1.39. The Morgan fingerprint density at radius 3 is 1.97 bits per heavy atom. The number of imide groups is 1. The molecule has 1 aliphatic heterocycles. The van der Waals surface area contributed by atoms with Crippen LogP contribution in [0.15, 0.2) is 72.8 Å². The molecule has 0 saturated heterocycles. The highest BCUT2D eigenvalue weighted by Gasteiger charge is 2.42. The number of carbonyl (C=O) groups is 4. The van der Waals surface area contributed by atoms with Gasteiger partial charge in [-0.2, -0.15) is 5.01 Å². The summed E-state index contributed by atoms with van der Waals surface area (Å²) in [7, 11) is 0. The van der Waals surface area contributed by atoms with Gasteiger partial charge in [-0.25, -0.2) is 5.01 Å². The SMILES string of the molecule is Cc1ccc(C(=O)CN(C(=O)c2ccccc2Cl)N2C(=O)c3ccccc3C2=O)cc1. The van der Waals surface area contributed by atoms with Crippen molar-refractivity contribution in [1.29, 1.82) is 0 Å². The maximum absolute atomic E-state index is 13.4. The number of hydrazine groups is 1. The predicted molar refractivity (Wildman–Crippen MR) is 115 cm³/mol. The number of hydrogen-bond acceptors (Lipinski definition) is 4. The van der Waals surface area contributed by atoms with E-state index in [9.17, 15) is 19.2 Å². The number of amides is 3. The molecule has 0 aromatic heterocycles. The molecule has 4 rings (SSSR count). The van der Waals surface area contributed by atoms with Gasteiger partial charge in [0.25, 0.3) is 17.7 Å². The fraction of sp³-hybridized carbons (Fsp3) is 0.0833. The highest BCUT2D eigenvalue weighted by molar-refractivity contribution is 6.34. The van der Waals surface area contributed by atoms with E-state index in [-0.39, 0.29) is 21.7 Å². The average molecular weight is 433 g/mol. The maximum Gasteiger partial charge on any atom is 0.280 e. The van der Waals surface area contributed by atoms with Crippen molar-refractivity contribution >= 4 is 35.1 Å².